The van der Waals surface area contributed by atoms with E-state index in [1.165, 1.54) is 12.8 Å². The summed E-state index contributed by atoms with van der Waals surface area (Å²) >= 11 is 0. The molecule has 2 heterocycles. The van der Waals surface area contributed by atoms with Gasteiger partial charge in [0.1, 0.15) is 0 Å². The van der Waals surface area contributed by atoms with Gasteiger partial charge >= 0.3 is 6.03 Å². The molecule has 0 atom stereocenters. The van der Waals surface area contributed by atoms with Gasteiger partial charge in [0, 0.05) is 26.2 Å². The Balaban J connectivity index is 1.53. The van der Waals surface area contributed by atoms with Crippen molar-refractivity contribution < 1.29 is 4.79 Å². The average Bonchev–Trinajstić information content (AvgIpc) is 2.88. The fourth-order valence-electron chi connectivity index (χ4n) is 3.02. The van der Waals surface area contributed by atoms with Gasteiger partial charge in [0.25, 0.3) is 0 Å². The van der Waals surface area contributed by atoms with Gasteiger partial charge in [0.15, 0.2) is 0 Å². The summed E-state index contributed by atoms with van der Waals surface area (Å²) in [4.78, 5) is 18.4. The molecular formula is C18H24N4O. The van der Waals surface area contributed by atoms with Crippen molar-refractivity contribution in [3.8, 4) is 11.3 Å². The Morgan fingerprint density at radius 3 is 2.57 bits per heavy atom. The van der Waals surface area contributed by atoms with Gasteiger partial charge in [0.05, 0.1) is 18.2 Å². The van der Waals surface area contributed by atoms with E-state index < -0.39 is 0 Å². The molecule has 1 saturated heterocycles. The molecule has 1 N–H and O–H groups in total. The van der Waals surface area contributed by atoms with Gasteiger partial charge < -0.3 is 14.8 Å². The minimum absolute atomic E-state index is 0.0632. The van der Waals surface area contributed by atoms with Crippen LogP contribution in [0.3, 0.4) is 0 Å². The Morgan fingerprint density at radius 2 is 1.83 bits per heavy atom. The van der Waals surface area contributed by atoms with Crippen molar-refractivity contribution in [1.29, 1.82) is 0 Å². The maximum absolute atomic E-state index is 12.2. The van der Waals surface area contributed by atoms with Crippen LogP contribution in [-0.2, 0) is 6.54 Å². The molecule has 0 radical (unpaired) electrons. The van der Waals surface area contributed by atoms with Crippen molar-refractivity contribution in [3.63, 3.8) is 0 Å². The fourth-order valence-corrected chi connectivity index (χ4v) is 3.02. The maximum Gasteiger partial charge on any atom is 0.317 e. The van der Waals surface area contributed by atoms with Crippen LogP contribution in [0.1, 0.15) is 25.7 Å². The maximum atomic E-state index is 12.2. The summed E-state index contributed by atoms with van der Waals surface area (Å²) in [7, 11) is 0. The Bertz CT molecular complexity index is 615. The second kappa shape index (κ2) is 7.81. The highest BCUT2D eigenvalue weighted by atomic mass is 16.2. The molecule has 0 bridgehead atoms. The molecule has 23 heavy (non-hydrogen) atoms. The zero-order chi connectivity index (χ0) is 15.9. The summed E-state index contributed by atoms with van der Waals surface area (Å²) in [6, 6.07) is 10.3. The highest BCUT2D eigenvalue weighted by Gasteiger charge is 2.14. The molecule has 1 aliphatic heterocycles. The number of likely N-dealkylation sites (tertiary alicyclic amines) is 1. The smallest absolute Gasteiger partial charge is 0.317 e. The zero-order valence-corrected chi connectivity index (χ0v) is 13.4. The number of urea groups is 1. The number of carbonyl (C=O) groups is 1. The van der Waals surface area contributed by atoms with Gasteiger partial charge in [0.2, 0.25) is 0 Å². The number of aromatic nitrogens is 2. The quantitative estimate of drug-likeness (QED) is 0.943. The van der Waals surface area contributed by atoms with Crippen molar-refractivity contribution in [3.05, 3.63) is 42.9 Å². The molecule has 0 unspecified atom stereocenters. The predicted octanol–water partition coefficient (Wildman–Crippen LogP) is 3.14. The van der Waals surface area contributed by atoms with E-state index in [0.29, 0.717) is 6.54 Å². The predicted molar refractivity (Wildman–Crippen MR) is 91.1 cm³/mol. The van der Waals surface area contributed by atoms with E-state index >= 15 is 0 Å². The number of rotatable bonds is 4. The number of hydrogen-bond donors (Lipinski definition) is 1. The van der Waals surface area contributed by atoms with E-state index in [1.54, 1.807) is 0 Å². The lowest BCUT2D eigenvalue weighted by Gasteiger charge is -2.21. The largest absolute Gasteiger partial charge is 0.336 e. The van der Waals surface area contributed by atoms with Crippen LogP contribution in [0.4, 0.5) is 4.79 Å². The minimum Gasteiger partial charge on any atom is -0.336 e. The third-order valence-corrected chi connectivity index (χ3v) is 4.30. The van der Waals surface area contributed by atoms with E-state index in [1.807, 2.05) is 35.6 Å². The highest BCUT2D eigenvalue weighted by Crippen LogP contribution is 2.17. The first-order chi connectivity index (χ1) is 11.3. The number of nitrogens with zero attached hydrogens (tertiary/aromatic N) is 3. The lowest BCUT2D eigenvalue weighted by molar-refractivity contribution is 0.199. The first kappa shape index (κ1) is 15.6. The Hall–Kier alpha value is -2.30. The molecule has 1 aliphatic rings. The van der Waals surface area contributed by atoms with Gasteiger partial charge in [-0.3, -0.25) is 0 Å². The van der Waals surface area contributed by atoms with Crippen LogP contribution in [0.5, 0.6) is 0 Å². The molecule has 122 valence electrons. The van der Waals surface area contributed by atoms with Crippen molar-refractivity contribution in [2.75, 3.05) is 19.6 Å². The van der Waals surface area contributed by atoms with E-state index in [-0.39, 0.29) is 6.03 Å². The summed E-state index contributed by atoms with van der Waals surface area (Å²) < 4.78 is 2.08. The molecule has 1 aromatic heterocycles. The minimum atomic E-state index is 0.0632. The Kier molecular flexibility index (Phi) is 5.29. The number of hydrogen-bond acceptors (Lipinski definition) is 2. The van der Waals surface area contributed by atoms with Crippen LogP contribution in [-0.4, -0.2) is 40.1 Å². The molecular weight excluding hydrogens is 288 g/mol. The lowest BCUT2D eigenvalue weighted by atomic mass is 10.2. The SMILES string of the molecule is O=C(NCCn1cncc1-c1ccccc1)N1CCCCCC1. The first-order valence-corrected chi connectivity index (χ1v) is 8.43. The van der Waals surface area contributed by atoms with Crippen LogP contribution in [0.15, 0.2) is 42.9 Å². The van der Waals surface area contributed by atoms with Gasteiger partial charge in [-0.25, -0.2) is 9.78 Å². The topological polar surface area (TPSA) is 50.2 Å². The molecule has 1 fully saturated rings. The van der Waals surface area contributed by atoms with Crippen LogP contribution in [0.2, 0.25) is 0 Å². The molecule has 5 nitrogen and oxygen atoms in total. The number of nitrogens with one attached hydrogen (secondary N) is 1. The van der Waals surface area contributed by atoms with Crippen molar-refractivity contribution in [2.45, 2.75) is 32.2 Å². The van der Waals surface area contributed by atoms with Gasteiger partial charge in [-0.2, -0.15) is 0 Å². The van der Waals surface area contributed by atoms with Crippen LogP contribution < -0.4 is 5.32 Å². The molecule has 2 aromatic rings. The molecule has 0 saturated carbocycles. The van der Waals surface area contributed by atoms with Gasteiger partial charge in [-0.15, -0.1) is 0 Å². The van der Waals surface area contributed by atoms with E-state index in [9.17, 15) is 4.79 Å². The molecule has 5 heteroatoms. The zero-order valence-electron chi connectivity index (χ0n) is 13.4. The monoisotopic (exact) mass is 312 g/mol. The molecule has 2 amide bonds. The van der Waals surface area contributed by atoms with E-state index in [4.69, 9.17) is 0 Å². The second-order valence-electron chi connectivity index (χ2n) is 5.97. The summed E-state index contributed by atoms with van der Waals surface area (Å²) in [5, 5.41) is 3.04. The number of imidazole rings is 1. The van der Waals surface area contributed by atoms with Crippen molar-refractivity contribution >= 4 is 6.03 Å². The Labute approximate surface area is 137 Å². The fraction of sp³-hybridized carbons (Fsp3) is 0.444. The van der Waals surface area contributed by atoms with E-state index in [2.05, 4.69) is 27.0 Å². The van der Waals surface area contributed by atoms with E-state index in [0.717, 1.165) is 43.7 Å². The highest BCUT2D eigenvalue weighted by molar-refractivity contribution is 5.74. The number of benzene rings is 1. The summed E-state index contributed by atoms with van der Waals surface area (Å²) in [6.45, 7) is 3.10. The van der Waals surface area contributed by atoms with Gasteiger partial charge in [-0.05, 0) is 18.4 Å². The second-order valence-corrected chi connectivity index (χ2v) is 5.97. The molecule has 3 rings (SSSR count). The Morgan fingerprint density at radius 1 is 1.09 bits per heavy atom. The summed E-state index contributed by atoms with van der Waals surface area (Å²) in [5.41, 5.74) is 2.22. The molecule has 0 aliphatic carbocycles. The van der Waals surface area contributed by atoms with Gasteiger partial charge in [-0.1, -0.05) is 43.2 Å². The normalized spacial score (nSPS) is 15.2. The van der Waals surface area contributed by atoms with Crippen LogP contribution in [0, 0.1) is 0 Å². The van der Waals surface area contributed by atoms with Crippen LogP contribution in [0.25, 0.3) is 11.3 Å². The number of amides is 2. The van der Waals surface area contributed by atoms with Crippen molar-refractivity contribution in [2.24, 2.45) is 0 Å². The third kappa shape index (κ3) is 4.12. The van der Waals surface area contributed by atoms with Crippen molar-refractivity contribution in [1.82, 2.24) is 19.8 Å². The summed E-state index contributed by atoms with van der Waals surface area (Å²) in [6.07, 6.45) is 8.39. The average molecular weight is 312 g/mol. The lowest BCUT2D eigenvalue weighted by Crippen LogP contribution is -2.41. The van der Waals surface area contributed by atoms with Crippen LogP contribution >= 0.6 is 0 Å². The number of carbonyl (C=O) groups excluding carboxylic acids is 1. The standard InChI is InChI=1S/C18H24N4O/c23-18(21-11-6-1-2-7-12-21)20-10-13-22-15-19-14-17(22)16-8-4-3-5-9-16/h3-5,8-9,14-15H,1-2,6-7,10-13H2,(H,20,23). The summed E-state index contributed by atoms with van der Waals surface area (Å²) in [5.74, 6) is 0. The first-order valence-electron chi connectivity index (χ1n) is 8.43. The third-order valence-electron chi connectivity index (χ3n) is 4.30. The molecule has 1 aromatic carbocycles. The molecule has 0 spiro atoms.